The molecule has 82 valence electrons. The Kier molecular flexibility index (Phi) is 3.49. The summed E-state index contributed by atoms with van der Waals surface area (Å²) < 4.78 is 0. The highest BCUT2D eigenvalue weighted by molar-refractivity contribution is 7.99. The van der Waals surface area contributed by atoms with Gasteiger partial charge in [-0.1, -0.05) is 0 Å². The fraction of sp³-hybridized carbons (Fsp3) is 0.545. The van der Waals surface area contributed by atoms with E-state index in [1.165, 1.54) is 17.2 Å². The molecule has 0 amide bonds. The summed E-state index contributed by atoms with van der Waals surface area (Å²) in [6, 6.07) is 4.79. The van der Waals surface area contributed by atoms with Gasteiger partial charge in [-0.05, 0) is 19.1 Å². The molecule has 1 aromatic heterocycles. The molecule has 1 atom stereocenters. The standard InChI is InChI=1S/C11H17N3S/c1-9-8-15-5-4-14(9)11-2-3-13-10(6-11)7-12/h2-3,6,9H,4-5,7-8,12H2,1H3. The van der Waals surface area contributed by atoms with Gasteiger partial charge in [0.15, 0.2) is 0 Å². The molecule has 2 rings (SSSR count). The van der Waals surface area contributed by atoms with E-state index in [1.54, 1.807) is 0 Å². The van der Waals surface area contributed by atoms with Crippen molar-refractivity contribution in [1.29, 1.82) is 0 Å². The molecule has 0 aromatic carbocycles. The Bertz CT molecular complexity index is 329. The first-order valence-corrected chi connectivity index (χ1v) is 6.46. The van der Waals surface area contributed by atoms with Crippen LogP contribution < -0.4 is 10.6 Å². The first-order chi connectivity index (χ1) is 7.31. The molecule has 1 aliphatic heterocycles. The van der Waals surface area contributed by atoms with Crippen LogP contribution in [-0.2, 0) is 6.54 Å². The highest BCUT2D eigenvalue weighted by Gasteiger charge is 2.18. The Morgan fingerprint density at radius 3 is 3.27 bits per heavy atom. The van der Waals surface area contributed by atoms with Crippen LogP contribution in [0.2, 0.25) is 0 Å². The minimum Gasteiger partial charge on any atom is -0.367 e. The van der Waals surface area contributed by atoms with E-state index in [-0.39, 0.29) is 0 Å². The van der Waals surface area contributed by atoms with Gasteiger partial charge in [0, 0.05) is 42.5 Å². The molecule has 0 radical (unpaired) electrons. The van der Waals surface area contributed by atoms with Crippen LogP contribution in [0, 0.1) is 0 Å². The number of thioether (sulfide) groups is 1. The van der Waals surface area contributed by atoms with E-state index in [1.807, 2.05) is 18.0 Å². The highest BCUT2D eigenvalue weighted by Crippen LogP contribution is 2.23. The second-order valence-corrected chi connectivity index (χ2v) is 4.98. The molecule has 1 aromatic rings. The van der Waals surface area contributed by atoms with Crippen molar-refractivity contribution in [3.63, 3.8) is 0 Å². The van der Waals surface area contributed by atoms with Gasteiger partial charge >= 0.3 is 0 Å². The van der Waals surface area contributed by atoms with Crippen molar-refractivity contribution < 1.29 is 0 Å². The zero-order valence-electron chi connectivity index (χ0n) is 9.02. The zero-order valence-corrected chi connectivity index (χ0v) is 9.83. The average molecular weight is 223 g/mol. The van der Waals surface area contributed by atoms with Crippen molar-refractivity contribution in [2.75, 3.05) is 23.0 Å². The molecule has 0 bridgehead atoms. The molecule has 1 saturated heterocycles. The third kappa shape index (κ3) is 2.44. The van der Waals surface area contributed by atoms with E-state index >= 15 is 0 Å². The smallest absolute Gasteiger partial charge is 0.0560 e. The maximum Gasteiger partial charge on any atom is 0.0560 e. The first kappa shape index (κ1) is 10.8. The lowest BCUT2D eigenvalue weighted by atomic mass is 10.2. The first-order valence-electron chi connectivity index (χ1n) is 5.30. The Morgan fingerprint density at radius 2 is 2.53 bits per heavy atom. The lowest BCUT2D eigenvalue weighted by molar-refractivity contribution is 0.698. The lowest BCUT2D eigenvalue weighted by Crippen LogP contribution is -2.40. The van der Waals surface area contributed by atoms with Gasteiger partial charge in [0.1, 0.15) is 0 Å². The third-order valence-electron chi connectivity index (χ3n) is 2.71. The molecule has 0 spiro atoms. The predicted molar refractivity (Wildman–Crippen MR) is 66.3 cm³/mol. The Hall–Kier alpha value is -0.740. The Labute approximate surface area is 95.1 Å². The van der Waals surface area contributed by atoms with Gasteiger partial charge in [-0.3, -0.25) is 4.98 Å². The highest BCUT2D eigenvalue weighted by atomic mass is 32.2. The zero-order chi connectivity index (χ0) is 10.7. The van der Waals surface area contributed by atoms with E-state index in [9.17, 15) is 0 Å². The molecule has 4 heteroatoms. The fourth-order valence-corrected chi connectivity index (χ4v) is 2.88. The van der Waals surface area contributed by atoms with Crippen molar-refractivity contribution in [2.45, 2.75) is 19.5 Å². The van der Waals surface area contributed by atoms with Crippen LogP contribution in [-0.4, -0.2) is 29.1 Å². The average Bonchev–Trinajstić information content (AvgIpc) is 2.30. The van der Waals surface area contributed by atoms with Crippen LogP contribution in [0.5, 0.6) is 0 Å². The third-order valence-corrected chi connectivity index (χ3v) is 3.90. The monoisotopic (exact) mass is 223 g/mol. The van der Waals surface area contributed by atoms with Gasteiger partial charge in [-0.25, -0.2) is 0 Å². The maximum atomic E-state index is 5.60. The second-order valence-electron chi connectivity index (χ2n) is 3.83. The van der Waals surface area contributed by atoms with E-state index in [2.05, 4.69) is 28.9 Å². The summed E-state index contributed by atoms with van der Waals surface area (Å²) in [6.07, 6.45) is 1.85. The summed E-state index contributed by atoms with van der Waals surface area (Å²) in [6.45, 7) is 3.92. The van der Waals surface area contributed by atoms with E-state index in [0.29, 0.717) is 12.6 Å². The Morgan fingerprint density at radius 1 is 1.67 bits per heavy atom. The van der Waals surface area contributed by atoms with Gasteiger partial charge in [-0.2, -0.15) is 11.8 Å². The number of nitrogens with two attached hydrogens (primary N) is 1. The van der Waals surface area contributed by atoms with Crippen LogP contribution in [0.4, 0.5) is 5.69 Å². The molecule has 0 aliphatic carbocycles. The molecule has 1 aliphatic rings. The summed E-state index contributed by atoms with van der Waals surface area (Å²) in [5, 5.41) is 0. The summed E-state index contributed by atoms with van der Waals surface area (Å²) in [5.74, 6) is 2.42. The molecule has 1 unspecified atom stereocenters. The summed E-state index contributed by atoms with van der Waals surface area (Å²) >= 11 is 2.03. The molecule has 0 saturated carbocycles. The predicted octanol–water partition coefficient (Wildman–Crippen LogP) is 1.48. The largest absolute Gasteiger partial charge is 0.367 e. The number of rotatable bonds is 2. The topological polar surface area (TPSA) is 42.2 Å². The molecular formula is C11H17N3S. The quantitative estimate of drug-likeness (QED) is 0.824. The van der Waals surface area contributed by atoms with Crippen molar-refractivity contribution in [1.82, 2.24) is 4.98 Å². The fourth-order valence-electron chi connectivity index (χ4n) is 1.87. The second kappa shape index (κ2) is 4.86. The SMILES string of the molecule is CC1CSCCN1c1ccnc(CN)c1. The number of anilines is 1. The van der Waals surface area contributed by atoms with Crippen LogP contribution in [0.1, 0.15) is 12.6 Å². The van der Waals surface area contributed by atoms with E-state index in [4.69, 9.17) is 5.73 Å². The van der Waals surface area contributed by atoms with Gasteiger partial charge in [0.2, 0.25) is 0 Å². The van der Waals surface area contributed by atoms with Crippen LogP contribution in [0.15, 0.2) is 18.3 Å². The summed E-state index contributed by atoms with van der Waals surface area (Å²) in [5.41, 5.74) is 7.83. The van der Waals surface area contributed by atoms with Crippen molar-refractivity contribution in [3.8, 4) is 0 Å². The van der Waals surface area contributed by atoms with Gasteiger partial charge < -0.3 is 10.6 Å². The molecule has 2 heterocycles. The number of aromatic nitrogens is 1. The summed E-state index contributed by atoms with van der Waals surface area (Å²) in [4.78, 5) is 6.66. The minimum absolute atomic E-state index is 0.519. The molecular weight excluding hydrogens is 206 g/mol. The normalized spacial score (nSPS) is 21.7. The van der Waals surface area contributed by atoms with E-state index in [0.717, 1.165) is 12.2 Å². The number of nitrogens with zero attached hydrogens (tertiary/aromatic N) is 2. The molecule has 2 N–H and O–H groups in total. The van der Waals surface area contributed by atoms with Crippen LogP contribution in [0.3, 0.4) is 0 Å². The Balaban J connectivity index is 2.19. The van der Waals surface area contributed by atoms with Crippen LogP contribution in [0.25, 0.3) is 0 Å². The van der Waals surface area contributed by atoms with E-state index < -0.39 is 0 Å². The van der Waals surface area contributed by atoms with Crippen molar-refractivity contribution in [2.24, 2.45) is 5.73 Å². The van der Waals surface area contributed by atoms with Gasteiger partial charge in [0.05, 0.1) is 5.69 Å². The minimum atomic E-state index is 0.519. The number of hydrogen-bond acceptors (Lipinski definition) is 4. The maximum absolute atomic E-state index is 5.60. The van der Waals surface area contributed by atoms with Gasteiger partial charge in [0.25, 0.3) is 0 Å². The molecule has 1 fully saturated rings. The van der Waals surface area contributed by atoms with Crippen LogP contribution >= 0.6 is 11.8 Å². The number of pyridine rings is 1. The molecule has 15 heavy (non-hydrogen) atoms. The number of hydrogen-bond donors (Lipinski definition) is 1. The van der Waals surface area contributed by atoms with Crippen molar-refractivity contribution >= 4 is 17.4 Å². The lowest BCUT2D eigenvalue weighted by Gasteiger charge is -2.35. The molecule has 3 nitrogen and oxygen atoms in total. The van der Waals surface area contributed by atoms with Gasteiger partial charge in [-0.15, -0.1) is 0 Å². The van der Waals surface area contributed by atoms with Crippen molar-refractivity contribution in [3.05, 3.63) is 24.0 Å². The summed E-state index contributed by atoms with van der Waals surface area (Å²) in [7, 11) is 0.